The molecule has 0 saturated carbocycles. The van der Waals surface area contributed by atoms with Crippen molar-refractivity contribution in [3.63, 3.8) is 0 Å². The van der Waals surface area contributed by atoms with Gasteiger partial charge in [-0.15, -0.1) is 0 Å². The van der Waals surface area contributed by atoms with E-state index in [0.29, 0.717) is 13.2 Å². The van der Waals surface area contributed by atoms with Crippen LogP contribution in [0.3, 0.4) is 0 Å². The maximum absolute atomic E-state index is 11.5. The van der Waals surface area contributed by atoms with Gasteiger partial charge in [0.25, 0.3) is 0 Å². The molecular formula is C20H30BrNO2. The molecule has 1 aromatic rings. The summed E-state index contributed by atoms with van der Waals surface area (Å²) in [5.74, 6) is 0.746. The van der Waals surface area contributed by atoms with Crippen molar-refractivity contribution < 1.29 is 9.53 Å². The molecule has 1 saturated heterocycles. The Bertz CT molecular complexity index is 524. The maximum Gasteiger partial charge on any atom is 0.320 e. The van der Waals surface area contributed by atoms with E-state index in [4.69, 9.17) is 4.74 Å². The summed E-state index contributed by atoms with van der Waals surface area (Å²) in [6.45, 7) is 7.03. The summed E-state index contributed by atoms with van der Waals surface area (Å²) in [7, 11) is 0. The number of nitrogens with zero attached hydrogens (tertiary/aromatic N) is 1. The van der Waals surface area contributed by atoms with Crippen LogP contribution in [0.15, 0.2) is 22.7 Å². The molecule has 4 heteroatoms. The number of esters is 1. The second kappa shape index (κ2) is 10.2. The van der Waals surface area contributed by atoms with Gasteiger partial charge >= 0.3 is 5.97 Å². The van der Waals surface area contributed by atoms with Gasteiger partial charge in [0, 0.05) is 4.47 Å². The molecule has 0 N–H and O–H groups in total. The quantitative estimate of drug-likeness (QED) is 0.469. The van der Waals surface area contributed by atoms with Gasteiger partial charge in [0.05, 0.1) is 13.2 Å². The van der Waals surface area contributed by atoms with Crippen LogP contribution in [-0.2, 0) is 16.0 Å². The monoisotopic (exact) mass is 395 g/mol. The maximum atomic E-state index is 11.5. The van der Waals surface area contributed by atoms with Crippen molar-refractivity contribution in [2.45, 2.75) is 52.4 Å². The molecule has 0 aliphatic carbocycles. The molecule has 0 spiro atoms. The Morgan fingerprint density at radius 1 is 1.29 bits per heavy atom. The van der Waals surface area contributed by atoms with Gasteiger partial charge in [0.15, 0.2) is 0 Å². The largest absolute Gasteiger partial charge is 0.465 e. The number of benzene rings is 1. The Labute approximate surface area is 154 Å². The highest BCUT2D eigenvalue weighted by Crippen LogP contribution is 2.24. The molecule has 3 nitrogen and oxygen atoms in total. The van der Waals surface area contributed by atoms with Crippen LogP contribution in [0.25, 0.3) is 0 Å². The summed E-state index contributed by atoms with van der Waals surface area (Å²) in [4.78, 5) is 13.8. The summed E-state index contributed by atoms with van der Waals surface area (Å²) >= 11 is 3.56. The van der Waals surface area contributed by atoms with E-state index in [1.807, 2.05) is 6.92 Å². The molecule has 0 atom stereocenters. The normalized spacial score (nSPS) is 16.3. The van der Waals surface area contributed by atoms with E-state index < -0.39 is 0 Å². The van der Waals surface area contributed by atoms with Gasteiger partial charge in [0.2, 0.25) is 0 Å². The van der Waals surface area contributed by atoms with Crippen LogP contribution >= 0.6 is 15.9 Å². The zero-order valence-corrected chi connectivity index (χ0v) is 16.6. The topological polar surface area (TPSA) is 29.5 Å². The molecule has 0 radical (unpaired) electrons. The summed E-state index contributed by atoms with van der Waals surface area (Å²) in [6, 6.07) is 6.67. The van der Waals surface area contributed by atoms with Gasteiger partial charge < -0.3 is 4.74 Å². The summed E-state index contributed by atoms with van der Waals surface area (Å²) in [5.41, 5.74) is 2.77. The summed E-state index contributed by atoms with van der Waals surface area (Å²) in [5, 5.41) is 0. The number of piperidine rings is 1. The molecule has 1 heterocycles. The number of ether oxygens (including phenoxy) is 1. The first-order valence-electron chi connectivity index (χ1n) is 9.21. The van der Waals surface area contributed by atoms with Gasteiger partial charge in [-0.3, -0.25) is 9.69 Å². The summed E-state index contributed by atoms with van der Waals surface area (Å²) in [6.07, 6.45) is 7.51. The van der Waals surface area contributed by atoms with Gasteiger partial charge in [-0.2, -0.15) is 0 Å². The van der Waals surface area contributed by atoms with E-state index in [9.17, 15) is 4.79 Å². The third kappa shape index (κ3) is 6.56. The predicted molar refractivity (Wildman–Crippen MR) is 102 cm³/mol. The fraction of sp³-hybridized carbons (Fsp3) is 0.650. The molecule has 24 heavy (non-hydrogen) atoms. The third-order valence-corrected chi connectivity index (χ3v) is 5.81. The van der Waals surface area contributed by atoms with Crippen molar-refractivity contribution in [1.82, 2.24) is 4.90 Å². The first kappa shape index (κ1) is 19.5. The number of hydrogen-bond acceptors (Lipinski definition) is 3. The highest BCUT2D eigenvalue weighted by Gasteiger charge is 2.20. The van der Waals surface area contributed by atoms with E-state index in [0.717, 1.165) is 19.0 Å². The van der Waals surface area contributed by atoms with Crippen LogP contribution in [0.2, 0.25) is 0 Å². The van der Waals surface area contributed by atoms with Crippen molar-refractivity contribution in [1.29, 1.82) is 0 Å². The van der Waals surface area contributed by atoms with E-state index in [1.54, 1.807) is 0 Å². The SMILES string of the molecule is CCOC(=O)CN1CCC(CCCCc2ccc(Br)c(C)c2)CC1. The predicted octanol–water partition coefficient (Wildman–Crippen LogP) is 4.75. The molecule has 1 fully saturated rings. The van der Waals surface area contributed by atoms with Crippen LogP contribution in [0.4, 0.5) is 0 Å². The Kier molecular flexibility index (Phi) is 8.26. The zero-order chi connectivity index (χ0) is 17.4. The molecule has 1 aromatic carbocycles. The number of carbonyl (C=O) groups excluding carboxylic acids is 1. The second-order valence-corrected chi connectivity index (χ2v) is 7.71. The van der Waals surface area contributed by atoms with Crippen molar-refractivity contribution in [2.75, 3.05) is 26.2 Å². The van der Waals surface area contributed by atoms with Crippen molar-refractivity contribution in [3.8, 4) is 0 Å². The molecule has 2 rings (SSSR count). The number of aryl methyl sites for hydroxylation is 2. The third-order valence-electron chi connectivity index (χ3n) is 4.92. The highest BCUT2D eigenvalue weighted by atomic mass is 79.9. The van der Waals surface area contributed by atoms with E-state index in [2.05, 4.69) is 46.0 Å². The smallest absolute Gasteiger partial charge is 0.320 e. The van der Waals surface area contributed by atoms with Crippen molar-refractivity contribution in [3.05, 3.63) is 33.8 Å². The first-order valence-corrected chi connectivity index (χ1v) is 10.0. The molecule has 134 valence electrons. The number of halogens is 1. The standard InChI is InChI=1S/C20H30BrNO2/c1-3-24-20(23)15-22-12-10-17(11-13-22)6-4-5-7-18-8-9-19(21)16(2)14-18/h8-9,14,17H,3-7,10-13,15H2,1-2H3. The van der Waals surface area contributed by atoms with E-state index >= 15 is 0 Å². The van der Waals surface area contributed by atoms with Gasteiger partial charge in [0.1, 0.15) is 0 Å². The number of carbonyl (C=O) groups is 1. The summed E-state index contributed by atoms with van der Waals surface area (Å²) < 4.78 is 6.22. The molecule has 0 unspecified atom stereocenters. The van der Waals surface area contributed by atoms with Gasteiger partial charge in [-0.05, 0) is 75.7 Å². The Morgan fingerprint density at radius 3 is 2.71 bits per heavy atom. The van der Waals surface area contributed by atoms with E-state index in [-0.39, 0.29) is 5.97 Å². The average Bonchev–Trinajstić information content (AvgIpc) is 2.56. The van der Waals surface area contributed by atoms with Crippen LogP contribution in [0.5, 0.6) is 0 Å². The lowest BCUT2D eigenvalue weighted by Gasteiger charge is -2.31. The van der Waals surface area contributed by atoms with Crippen LogP contribution in [0, 0.1) is 12.8 Å². The minimum Gasteiger partial charge on any atom is -0.465 e. The van der Waals surface area contributed by atoms with Crippen molar-refractivity contribution in [2.24, 2.45) is 5.92 Å². The molecular weight excluding hydrogens is 366 g/mol. The van der Waals surface area contributed by atoms with Gasteiger partial charge in [-0.25, -0.2) is 0 Å². The molecule has 0 aromatic heterocycles. The Balaban J connectivity index is 1.59. The molecule has 1 aliphatic heterocycles. The lowest BCUT2D eigenvalue weighted by molar-refractivity contribution is -0.144. The van der Waals surface area contributed by atoms with Crippen LogP contribution in [0.1, 0.15) is 50.2 Å². The Morgan fingerprint density at radius 2 is 2.04 bits per heavy atom. The van der Waals surface area contributed by atoms with Crippen molar-refractivity contribution >= 4 is 21.9 Å². The number of likely N-dealkylation sites (tertiary alicyclic amines) is 1. The highest BCUT2D eigenvalue weighted by molar-refractivity contribution is 9.10. The zero-order valence-electron chi connectivity index (χ0n) is 15.0. The van der Waals surface area contributed by atoms with E-state index in [1.165, 1.54) is 54.1 Å². The minimum absolute atomic E-state index is 0.0826. The second-order valence-electron chi connectivity index (χ2n) is 6.85. The van der Waals surface area contributed by atoms with Gasteiger partial charge in [-0.1, -0.05) is 40.9 Å². The fourth-order valence-corrected chi connectivity index (χ4v) is 3.69. The number of hydrogen-bond donors (Lipinski definition) is 0. The molecule has 0 amide bonds. The number of unbranched alkanes of at least 4 members (excludes halogenated alkanes) is 1. The number of rotatable bonds is 8. The molecule has 0 bridgehead atoms. The Hall–Kier alpha value is -0.870. The average molecular weight is 396 g/mol. The van der Waals surface area contributed by atoms with Crippen LogP contribution < -0.4 is 0 Å². The van der Waals surface area contributed by atoms with Crippen LogP contribution in [-0.4, -0.2) is 37.1 Å². The minimum atomic E-state index is -0.0826. The fourth-order valence-electron chi connectivity index (χ4n) is 3.45. The molecule has 1 aliphatic rings. The lowest BCUT2D eigenvalue weighted by Crippen LogP contribution is -2.38. The lowest BCUT2D eigenvalue weighted by atomic mass is 9.91. The first-order chi connectivity index (χ1) is 11.6.